The second-order valence-corrected chi connectivity index (χ2v) is 9.01. The molecular formula is C25H25BrN4O4. The summed E-state index contributed by atoms with van der Waals surface area (Å²) in [7, 11) is 0. The quantitative estimate of drug-likeness (QED) is 0.284. The van der Waals surface area contributed by atoms with E-state index < -0.39 is 5.97 Å². The average molecular weight is 525 g/mol. The van der Waals surface area contributed by atoms with Crippen molar-refractivity contribution in [1.82, 2.24) is 20.0 Å². The predicted molar refractivity (Wildman–Crippen MR) is 130 cm³/mol. The fourth-order valence-corrected chi connectivity index (χ4v) is 3.61. The van der Waals surface area contributed by atoms with Crippen molar-refractivity contribution in [3.05, 3.63) is 75.3 Å². The highest BCUT2D eigenvalue weighted by molar-refractivity contribution is 9.10. The van der Waals surface area contributed by atoms with Gasteiger partial charge in [-0.1, -0.05) is 21.1 Å². The molecule has 4 rings (SSSR count). The lowest BCUT2D eigenvalue weighted by molar-refractivity contribution is 0.0459. The minimum Gasteiger partial charge on any atom is -0.491 e. The third kappa shape index (κ3) is 5.04. The summed E-state index contributed by atoms with van der Waals surface area (Å²) in [5.41, 5.74) is 3.96. The Morgan fingerprint density at radius 2 is 1.85 bits per heavy atom. The van der Waals surface area contributed by atoms with Gasteiger partial charge in [0.05, 0.1) is 17.5 Å². The molecule has 4 aromatic rings. The van der Waals surface area contributed by atoms with Crippen molar-refractivity contribution < 1.29 is 18.7 Å². The molecule has 0 atom stereocenters. The minimum atomic E-state index is -0.572. The monoisotopic (exact) mass is 524 g/mol. The van der Waals surface area contributed by atoms with Crippen molar-refractivity contribution >= 4 is 21.9 Å². The van der Waals surface area contributed by atoms with Crippen LogP contribution in [0.1, 0.15) is 47.0 Å². The number of hydrogen-bond donors (Lipinski definition) is 0. The number of ether oxygens (including phenoxy) is 2. The third-order valence-electron chi connectivity index (χ3n) is 5.18. The molecule has 0 amide bonds. The Balaban J connectivity index is 1.45. The average Bonchev–Trinajstić information content (AvgIpc) is 3.36. The molecule has 9 heteroatoms. The van der Waals surface area contributed by atoms with Gasteiger partial charge in [0, 0.05) is 10.0 Å². The molecule has 0 spiro atoms. The van der Waals surface area contributed by atoms with Crippen molar-refractivity contribution in [1.29, 1.82) is 0 Å². The molecule has 0 aliphatic rings. The first-order chi connectivity index (χ1) is 16.2. The lowest BCUT2D eigenvalue weighted by Crippen LogP contribution is -2.09. The number of halogens is 1. The molecule has 0 N–H and O–H groups in total. The number of oxazole rings is 1. The van der Waals surface area contributed by atoms with Crippen LogP contribution in [-0.4, -0.2) is 32.1 Å². The summed E-state index contributed by atoms with van der Waals surface area (Å²) in [4.78, 5) is 17.2. The molecule has 0 saturated heterocycles. The summed E-state index contributed by atoms with van der Waals surface area (Å²) in [5.74, 6) is 1.23. The van der Waals surface area contributed by atoms with Crippen LogP contribution < -0.4 is 4.74 Å². The van der Waals surface area contributed by atoms with Gasteiger partial charge in [-0.25, -0.2) is 14.5 Å². The van der Waals surface area contributed by atoms with Gasteiger partial charge in [-0.05, 0) is 82.6 Å². The van der Waals surface area contributed by atoms with Crippen LogP contribution in [0.5, 0.6) is 5.75 Å². The van der Waals surface area contributed by atoms with Crippen LogP contribution in [0.4, 0.5) is 0 Å². The number of aromatic nitrogens is 4. The first-order valence-corrected chi connectivity index (χ1v) is 11.6. The van der Waals surface area contributed by atoms with Gasteiger partial charge in [-0.15, -0.1) is 5.10 Å². The van der Waals surface area contributed by atoms with Gasteiger partial charge in [0.15, 0.2) is 5.69 Å². The van der Waals surface area contributed by atoms with E-state index in [1.807, 2.05) is 63.2 Å². The number of nitrogens with zero attached hydrogens (tertiary/aromatic N) is 4. The molecule has 0 aliphatic carbocycles. The number of hydrogen-bond acceptors (Lipinski definition) is 7. The van der Waals surface area contributed by atoms with Crippen LogP contribution in [0, 0.1) is 20.8 Å². The summed E-state index contributed by atoms with van der Waals surface area (Å²) >= 11 is 3.49. The highest BCUT2D eigenvalue weighted by Crippen LogP contribution is 2.25. The van der Waals surface area contributed by atoms with Crippen LogP contribution in [0.25, 0.3) is 17.1 Å². The number of carbonyl (C=O) groups is 1. The number of benzene rings is 2. The molecule has 0 radical (unpaired) electrons. The molecule has 2 heterocycles. The molecule has 0 aliphatic heterocycles. The topological polar surface area (TPSA) is 92.3 Å². The Morgan fingerprint density at radius 3 is 2.53 bits per heavy atom. The van der Waals surface area contributed by atoms with Crippen LogP contribution in [0.2, 0.25) is 0 Å². The zero-order valence-corrected chi connectivity index (χ0v) is 21.2. The molecule has 0 unspecified atom stereocenters. The first-order valence-electron chi connectivity index (χ1n) is 10.8. The lowest BCUT2D eigenvalue weighted by atomic mass is 10.2. The van der Waals surface area contributed by atoms with E-state index >= 15 is 0 Å². The first kappa shape index (κ1) is 23.7. The molecule has 176 valence electrons. The van der Waals surface area contributed by atoms with Gasteiger partial charge < -0.3 is 13.9 Å². The molecular weight excluding hydrogens is 500 g/mol. The predicted octanol–water partition coefficient (Wildman–Crippen LogP) is 5.75. The zero-order chi connectivity index (χ0) is 24.4. The molecule has 0 bridgehead atoms. The standard InChI is InChI=1S/C25H25BrN4O4/c1-14(2)33-20-9-6-18(7-10-20)24-27-22(17(5)34-24)13-32-25(31)23-16(4)30(29-28-23)19-8-11-21(26)15(3)12-19/h6-12,14H,13H2,1-5H3. The van der Waals surface area contributed by atoms with E-state index in [4.69, 9.17) is 13.9 Å². The number of esters is 1. The van der Waals surface area contributed by atoms with E-state index in [-0.39, 0.29) is 18.4 Å². The van der Waals surface area contributed by atoms with E-state index in [0.29, 0.717) is 23.0 Å². The van der Waals surface area contributed by atoms with E-state index in [2.05, 4.69) is 31.2 Å². The molecule has 0 fully saturated rings. The van der Waals surface area contributed by atoms with Crippen LogP contribution in [0.3, 0.4) is 0 Å². The number of carbonyl (C=O) groups excluding carboxylic acids is 1. The Morgan fingerprint density at radius 1 is 1.12 bits per heavy atom. The van der Waals surface area contributed by atoms with Crippen molar-refractivity contribution in [3.63, 3.8) is 0 Å². The van der Waals surface area contributed by atoms with Crippen LogP contribution >= 0.6 is 15.9 Å². The van der Waals surface area contributed by atoms with E-state index in [0.717, 1.165) is 27.0 Å². The van der Waals surface area contributed by atoms with Crippen molar-refractivity contribution in [2.45, 2.75) is 47.3 Å². The van der Waals surface area contributed by atoms with E-state index in [9.17, 15) is 4.79 Å². The summed E-state index contributed by atoms with van der Waals surface area (Å²) < 4.78 is 19.5. The maximum absolute atomic E-state index is 12.7. The Kier molecular flexibility index (Phi) is 6.83. The van der Waals surface area contributed by atoms with Gasteiger partial charge in [0.1, 0.15) is 23.8 Å². The molecule has 34 heavy (non-hydrogen) atoms. The van der Waals surface area contributed by atoms with Crippen molar-refractivity contribution in [2.75, 3.05) is 0 Å². The van der Waals surface area contributed by atoms with E-state index in [1.165, 1.54) is 0 Å². The third-order valence-corrected chi connectivity index (χ3v) is 6.07. The molecule has 0 saturated carbocycles. The maximum Gasteiger partial charge on any atom is 0.361 e. The lowest BCUT2D eigenvalue weighted by Gasteiger charge is -2.09. The fraction of sp³-hybridized carbons (Fsp3) is 0.280. The molecule has 2 aromatic heterocycles. The number of rotatable bonds is 7. The normalized spacial score (nSPS) is 11.1. The summed E-state index contributed by atoms with van der Waals surface area (Å²) in [5, 5.41) is 8.16. The highest BCUT2D eigenvalue weighted by Gasteiger charge is 2.21. The Labute approximate surface area is 206 Å². The van der Waals surface area contributed by atoms with Crippen LogP contribution in [0.15, 0.2) is 51.4 Å². The van der Waals surface area contributed by atoms with Gasteiger partial charge in [0.25, 0.3) is 0 Å². The number of aryl methyl sites for hydroxylation is 2. The van der Waals surface area contributed by atoms with Crippen molar-refractivity contribution in [3.8, 4) is 22.9 Å². The van der Waals surface area contributed by atoms with E-state index in [1.54, 1.807) is 18.5 Å². The second kappa shape index (κ2) is 9.80. The smallest absolute Gasteiger partial charge is 0.361 e. The van der Waals surface area contributed by atoms with Gasteiger partial charge in [0.2, 0.25) is 5.89 Å². The minimum absolute atomic E-state index is 0.0353. The van der Waals surface area contributed by atoms with Crippen molar-refractivity contribution in [2.24, 2.45) is 0 Å². The fourth-order valence-electron chi connectivity index (χ4n) is 3.36. The molecule has 8 nitrogen and oxygen atoms in total. The summed E-state index contributed by atoms with van der Waals surface area (Å²) in [6.07, 6.45) is 0.0975. The maximum atomic E-state index is 12.7. The second-order valence-electron chi connectivity index (χ2n) is 8.16. The zero-order valence-electron chi connectivity index (χ0n) is 19.6. The largest absolute Gasteiger partial charge is 0.491 e. The summed E-state index contributed by atoms with van der Waals surface area (Å²) in [6, 6.07) is 13.3. The molecule has 2 aromatic carbocycles. The SMILES string of the molecule is Cc1cc(-n2nnc(C(=O)OCc3nc(-c4ccc(OC(C)C)cc4)oc3C)c2C)ccc1Br. The van der Waals surface area contributed by atoms with Gasteiger partial charge in [-0.2, -0.15) is 0 Å². The Hall–Kier alpha value is -3.46. The van der Waals surface area contributed by atoms with Gasteiger partial charge in [-0.3, -0.25) is 0 Å². The summed E-state index contributed by atoms with van der Waals surface area (Å²) in [6.45, 7) is 9.46. The van der Waals surface area contributed by atoms with Gasteiger partial charge >= 0.3 is 5.97 Å². The van der Waals surface area contributed by atoms with Crippen LogP contribution in [-0.2, 0) is 11.3 Å². The highest BCUT2D eigenvalue weighted by atomic mass is 79.9. The Bertz CT molecular complexity index is 1330.